The molecule has 1 fully saturated rings. The molecule has 35 heavy (non-hydrogen) atoms. The van der Waals surface area contributed by atoms with Gasteiger partial charge in [-0.15, -0.1) is 0 Å². The summed E-state index contributed by atoms with van der Waals surface area (Å²) in [6.45, 7) is 5.13. The summed E-state index contributed by atoms with van der Waals surface area (Å²) < 4.78 is 11.0. The molecule has 0 saturated carbocycles. The third-order valence-electron chi connectivity index (χ3n) is 5.95. The van der Waals surface area contributed by atoms with Gasteiger partial charge in [-0.1, -0.05) is 41.1 Å². The highest BCUT2D eigenvalue weighted by Crippen LogP contribution is 2.39. The van der Waals surface area contributed by atoms with Crippen molar-refractivity contribution >= 4 is 45.3 Å². The molecule has 1 saturated heterocycles. The Labute approximate surface area is 215 Å². The van der Waals surface area contributed by atoms with Gasteiger partial charge in [0.1, 0.15) is 17.6 Å². The fraction of sp³-hybridized carbons (Fsp3) is 0.296. The highest BCUT2D eigenvalue weighted by atomic mass is 35.5. The summed E-state index contributed by atoms with van der Waals surface area (Å²) >= 11 is 12.6. The van der Waals surface area contributed by atoms with E-state index in [0.29, 0.717) is 38.5 Å². The van der Waals surface area contributed by atoms with Crippen molar-refractivity contribution in [3.63, 3.8) is 0 Å². The molecule has 4 rings (SSSR count). The highest BCUT2D eigenvalue weighted by molar-refractivity contribution is 6.37. The molecule has 0 amide bonds. The van der Waals surface area contributed by atoms with Crippen LogP contribution in [0.25, 0.3) is 10.8 Å². The Morgan fingerprint density at radius 2 is 1.77 bits per heavy atom. The van der Waals surface area contributed by atoms with Gasteiger partial charge in [0.2, 0.25) is 0 Å². The van der Waals surface area contributed by atoms with E-state index >= 15 is 0 Å². The van der Waals surface area contributed by atoms with Gasteiger partial charge in [-0.05, 0) is 29.7 Å². The van der Waals surface area contributed by atoms with Crippen LogP contribution in [0.4, 0.5) is 11.4 Å². The van der Waals surface area contributed by atoms with E-state index in [0.717, 1.165) is 55.5 Å². The molecule has 3 aromatic rings. The van der Waals surface area contributed by atoms with Crippen LogP contribution >= 0.6 is 23.2 Å². The molecule has 0 aromatic heterocycles. The third kappa shape index (κ3) is 5.75. The Bertz CT molecular complexity index is 1340. The van der Waals surface area contributed by atoms with Crippen LogP contribution in [0, 0.1) is 23.2 Å². The van der Waals surface area contributed by atoms with E-state index in [1.807, 2.05) is 18.2 Å². The SMILES string of the molecule is COc1cc(Nc2c(C#N)ccc3cc(C#CCCN4CCNCC4)c(OC)cc23)c(Cl)cc1Cl. The van der Waals surface area contributed by atoms with E-state index < -0.39 is 0 Å². The molecular formula is C27H26Cl2N4O2. The predicted octanol–water partition coefficient (Wildman–Crippen LogP) is 5.43. The Morgan fingerprint density at radius 3 is 2.49 bits per heavy atom. The summed E-state index contributed by atoms with van der Waals surface area (Å²) in [6, 6.07) is 13.1. The first-order valence-electron chi connectivity index (χ1n) is 11.3. The Hall–Kier alpha value is -3.13. The number of hydrogen-bond acceptors (Lipinski definition) is 6. The number of ether oxygens (including phenoxy) is 2. The van der Waals surface area contributed by atoms with Gasteiger partial charge in [0.15, 0.2) is 0 Å². The Balaban J connectivity index is 1.68. The van der Waals surface area contributed by atoms with E-state index in [1.54, 1.807) is 25.3 Å². The summed E-state index contributed by atoms with van der Waals surface area (Å²) in [5.74, 6) is 7.68. The number of fused-ring (bicyclic) bond motifs is 1. The van der Waals surface area contributed by atoms with Gasteiger partial charge in [-0.2, -0.15) is 5.26 Å². The molecule has 8 heteroatoms. The maximum absolute atomic E-state index is 9.77. The quantitative estimate of drug-likeness (QED) is 0.433. The zero-order valence-corrected chi connectivity index (χ0v) is 21.2. The van der Waals surface area contributed by atoms with Crippen molar-refractivity contribution in [3.05, 3.63) is 57.6 Å². The number of anilines is 2. The average molecular weight is 509 g/mol. The van der Waals surface area contributed by atoms with Crippen LogP contribution in [0.3, 0.4) is 0 Å². The van der Waals surface area contributed by atoms with Crippen LogP contribution < -0.4 is 20.1 Å². The smallest absolute Gasteiger partial charge is 0.139 e. The van der Waals surface area contributed by atoms with Crippen LogP contribution in [-0.2, 0) is 0 Å². The first-order chi connectivity index (χ1) is 17.0. The molecule has 1 aliphatic heterocycles. The fourth-order valence-corrected chi connectivity index (χ4v) is 4.58. The van der Waals surface area contributed by atoms with Gasteiger partial charge in [-0.25, -0.2) is 0 Å². The molecule has 0 bridgehead atoms. The maximum atomic E-state index is 9.77. The first kappa shape index (κ1) is 25.0. The van der Waals surface area contributed by atoms with Gasteiger partial charge >= 0.3 is 0 Å². The number of rotatable bonds is 6. The minimum atomic E-state index is 0.406. The minimum absolute atomic E-state index is 0.406. The monoisotopic (exact) mass is 508 g/mol. The summed E-state index contributed by atoms with van der Waals surface area (Å²) in [5, 5.41) is 19.0. The summed E-state index contributed by atoms with van der Waals surface area (Å²) in [4.78, 5) is 2.42. The van der Waals surface area contributed by atoms with Crippen LogP contribution in [0.5, 0.6) is 11.5 Å². The maximum Gasteiger partial charge on any atom is 0.139 e. The van der Waals surface area contributed by atoms with Crippen LogP contribution in [0.15, 0.2) is 36.4 Å². The number of nitrogens with zero attached hydrogens (tertiary/aromatic N) is 2. The van der Waals surface area contributed by atoms with Gasteiger partial charge in [-0.3, -0.25) is 4.90 Å². The number of piperazine rings is 1. The molecule has 0 atom stereocenters. The lowest BCUT2D eigenvalue weighted by Gasteiger charge is -2.26. The third-order valence-corrected chi connectivity index (χ3v) is 6.56. The summed E-state index contributed by atoms with van der Waals surface area (Å²) in [6.07, 6.45) is 0.790. The molecule has 3 aromatic carbocycles. The van der Waals surface area contributed by atoms with Crippen molar-refractivity contribution in [2.24, 2.45) is 0 Å². The highest BCUT2D eigenvalue weighted by Gasteiger charge is 2.15. The zero-order chi connectivity index (χ0) is 24.8. The number of nitrogens with one attached hydrogen (secondary N) is 2. The van der Waals surface area contributed by atoms with Crippen molar-refractivity contribution in [2.45, 2.75) is 6.42 Å². The second-order valence-electron chi connectivity index (χ2n) is 8.11. The fourth-order valence-electron chi connectivity index (χ4n) is 4.07. The molecule has 1 aliphatic rings. The molecule has 6 nitrogen and oxygen atoms in total. The van der Waals surface area contributed by atoms with E-state index in [4.69, 9.17) is 32.7 Å². The Morgan fingerprint density at radius 1 is 1.00 bits per heavy atom. The number of methoxy groups -OCH3 is 2. The van der Waals surface area contributed by atoms with Crippen molar-refractivity contribution in [2.75, 3.05) is 52.3 Å². The normalized spacial score (nSPS) is 13.6. The largest absolute Gasteiger partial charge is 0.495 e. The molecule has 180 valence electrons. The van der Waals surface area contributed by atoms with E-state index in [2.05, 4.69) is 33.4 Å². The van der Waals surface area contributed by atoms with Crippen LogP contribution in [0.2, 0.25) is 10.0 Å². The summed E-state index contributed by atoms with van der Waals surface area (Å²) in [7, 11) is 3.16. The lowest BCUT2D eigenvalue weighted by atomic mass is 10.0. The van der Waals surface area contributed by atoms with Crippen molar-refractivity contribution in [3.8, 4) is 29.4 Å². The van der Waals surface area contributed by atoms with Crippen LogP contribution in [-0.4, -0.2) is 51.8 Å². The lowest BCUT2D eigenvalue weighted by molar-refractivity contribution is 0.246. The van der Waals surface area contributed by atoms with Crippen LogP contribution in [0.1, 0.15) is 17.5 Å². The van der Waals surface area contributed by atoms with Gasteiger partial charge in [0.25, 0.3) is 0 Å². The lowest BCUT2D eigenvalue weighted by Crippen LogP contribution is -2.43. The number of benzene rings is 3. The summed E-state index contributed by atoms with van der Waals surface area (Å²) in [5.41, 5.74) is 2.47. The van der Waals surface area contributed by atoms with Gasteiger partial charge in [0.05, 0.1) is 46.8 Å². The predicted molar refractivity (Wildman–Crippen MR) is 142 cm³/mol. The van der Waals surface area contributed by atoms with Crippen molar-refractivity contribution in [1.82, 2.24) is 10.2 Å². The van der Waals surface area contributed by atoms with E-state index in [-0.39, 0.29) is 0 Å². The number of nitriles is 1. The van der Waals surface area contributed by atoms with Crippen molar-refractivity contribution in [1.29, 1.82) is 5.26 Å². The molecule has 0 spiro atoms. The van der Waals surface area contributed by atoms with Gasteiger partial charge in [0, 0.05) is 50.6 Å². The van der Waals surface area contributed by atoms with E-state index in [1.165, 1.54) is 7.11 Å². The topological polar surface area (TPSA) is 69.5 Å². The molecule has 2 N–H and O–H groups in total. The van der Waals surface area contributed by atoms with Gasteiger partial charge < -0.3 is 20.1 Å². The van der Waals surface area contributed by atoms with E-state index in [9.17, 15) is 5.26 Å². The molecule has 0 aliphatic carbocycles. The van der Waals surface area contributed by atoms with Crippen molar-refractivity contribution < 1.29 is 9.47 Å². The second-order valence-corrected chi connectivity index (χ2v) is 8.92. The number of halogens is 2. The second kappa shape index (κ2) is 11.5. The molecule has 0 unspecified atom stereocenters. The number of hydrogen-bond donors (Lipinski definition) is 2. The zero-order valence-electron chi connectivity index (χ0n) is 19.7. The molecule has 0 radical (unpaired) electrons. The minimum Gasteiger partial charge on any atom is -0.495 e. The Kier molecular flexibility index (Phi) is 8.23. The first-order valence-corrected chi connectivity index (χ1v) is 12.1. The molecule has 1 heterocycles. The average Bonchev–Trinajstić information content (AvgIpc) is 2.88. The standard InChI is InChI=1S/C27H26Cl2N4O2/c1-34-25-14-21-18(13-19(25)5-3-4-10-33-11-8-31-9-12-33)6-7-20(17-30)27(21)32-24-16-26(35-2)23(29)15-22(24)28/h6-7,13-16,31-32H,4,8-12H2,1-2H3. The molecular weight excluding hydrogens is 483 g/mol.